The number of likely N-dealkylation sites (tertiary alicyclic amines) is 1. The van der Waals surface area contributed by atoms with Crippen LogP contribution < -0.4 is 5.32 Å². The average Bonchev–Trinajstić information content (AvgIpc) is 3.59. The van der Waals surface area contributed by atoms with Crippen LogP contribution in [0.15, 0.2) is 63.6 Å². The van der Waals surface area contributed by atoms with Crippen LogP contribution in [0, 0.1) is 0 Å². The highest BCUT2D eigenvalue weighted by molar-refractivity contribution is 5.83. The van der Waals surface area contributed by atoms with Crippen molar-refractivity contribution in [3.8, 4) is 34.3 Å². The molecule has 2 aromatic heterocycles. The van der Waals surface area contributed by atoms with E-state index in [-0.39, 0.29) is 48.9 Å². The fourth-order valence-electron chi connectivity index (χ4n) is 4.39. The molecule has 14 heteroatoms. The van der Waals surface area contributed by atoms with E-state index in [1.54, 1.807) is 25.1 Å². The van der Waals surface area contributed by atoms with E-state index in [1.807, 2.05) is 0 Å². The second kappa shape index (κ2) is 10.8. The number of aromatic nitrogens is 3. The minimum absolute atomic E-state index is 0.00459. The van der Waals surface area contributed by atoms with Gasteiger partial charge >= 0.3 is 6.18 Å². The molecule has 214 valence electrons. The van der Waals surface area contributed by atoms with Gasteiger partial charge in [0.1, 0.15) is 11.3 Å². The molecule has 2 aromatic carbocycles. The minimum Gasteiger partial charge on any atom is -0.386 e. The number of nitrogens with one attached hydrogen (secondary N) is 1. The third-order valence-electron chi connectivity index (χ3n) is 6.43. The number of aliphatic hydroxyl groups excluding tert-OH is 1. The third-order valence-corrected chi connectivity index (χ3v) is 6.43. The van der Waals surface area contributed by atoms with Gasteiger partial charge in [0, 0.05) is 24.1 Å². The van der Waals surface area contributed by atoms with Crippen LogP contribution in [0.3, 0.4) is 0 Å². The summed E-state index contributed by atoms with van der Waals surface area (Å²) in [6.45, 7) is 2.09. The van der Waals surface area contributed by atoms with Crippen LogP contribution in [0.1, 0.15) is 30.6 Å². The lowest BCUT2D eigenvalue weighted by atomic mass is 9.96. The highest BCUT2D eigenvalue weighted by Gasteiger charge is 2.43. The molecule has 4 aromatic rings. The molecule has 1 atom stereocenters. The van der Waals surface area contributed by atoms with E-state index in [0.717, 1.165) is 0 Å². The number of rotatable bonds is 8. The molecule has 0 aliphatic carbocycles. The number of hydrogen-bond acceptors (Lipinski definition) is 9. The highest BCUT2D eigenvalue weighted by Crippen LogP contribution is 2.43. The summed E-state index contributed by atoms with van der Waals surface area (Å²) in [5.41, 5.74) is -1.70. The number of nitrogens with zero attached hydrogens (tertiary/aromatic N) is 4. The van der Waals surface area contributed by atoms with Gasteiger partial charge in [0.05, 0.1) is 18.7 Å². The molecule has 11 nitrogen and oxygen atoms in total. The summed E-state index contributed by atoms with van der Waals surface area (Å²) < 4.78 is 51.9. The number of carbonyl (C=O) groups is 2. The maximum atomic E-state index is 14.0. The number of halogens is 3. The van der Waals surface area contributed by atoms with E-state index in [0.29, 0.717) is 5.56 Å². The molecular formula is C27H24F3N5O6. The van der Waals surface area contributed by atoms with Gasteiger partial charge in [-0.25, -0.2) is 0 Å². The van der Waals surface area contributed by atoms with Crippen molar-refractivity contribution >= 4 is 11.8 Å². The molecule has 5 rings (SSSR count). The Kier molecular flexibility index (Phi) is 7.36. The van der Waals surface area contributed by atoms with Crippen LogP contribution in [-0.2, 0) is 15.8 Å². The van der Waals surface area contributed by atoms with Gasteiger partial charge in [-0.05, 0) is 12.5 Å². The van der Waals surface area contributed by atoms with Crippen LogP contribution in [0.5, 0.6) is 0 Å². The number of carbonyl (C=O) groups excluding carboxylic acids is 2. The van der Waals surface area contributed by atoms with Gasteiger partial charge in [-0.3, -0.25) is 9.59 Å². The van der Waals surface area contributed by atoms with Gasteiger partial charge < -0.3 is 29.5 Å². The Morgan fingerprint density at radius 3 is 2.37 bits per heavy atom. The largest absolute Gasteiger partial charge is 0.422 e. The van der Waals surface area contributed by atoms with Gasteiger partial charge in [0.2, 0.25) is 17.5 Å². The second-order valence-corrected chi connectivity index (χ2v) is 9.83. The molecule has 3 N–H and O–H groups in total. The van der Waals surface area contributed by atoms with Crippen LogP contribution in [0.2, 0.25) is 0 Å². The summed E-state index contributed by atoms with van der Waals surface area (Å²) in [7, 11) is 0. The highest BCUT2D eigenvalue weighted by atomic mass is 19.4. The lowest BCUT2D eigenvalue weighted by Gasteiger charge is -2.44. The first kappa shape index (κ1) is 28.0. The maximum Gasteiger partial charge on any atom is 0.422 e. The molecule has 1 aliphatic rings. The van der Waals surface area contributed by atoms with Gasteiger partial charge in [-0.1, -0.05) is 64.9 Å². The minimum atomic E-state index is -4.82. The van der Waals surface area contributed by atoms with Crippen molar-refractivity contribution in [1.82, 2.24) is 25.5 Å². The quantitative estimate of drug-likeness (QED) is 0.289. The van der Waals surface area contributed by atoms with Crippen molar-refractivity contribution in [2.75, 3.05) is 19.6 Å². The second-order valence-electron chi connectivity index (χ2n) is 9.83. The number of benzene rings is 2. The molecule has 0 unspecified atom stereocenters. The van der Waals surface area contributed by atoms with Crippen molar-refractivity contribution in [1.29, 1.82) is 0 Å². The zero-order valence-corrected chi connectivity index (χ0v) is 21.6. The van der Waals surface area contributed by atoms with Crippen molar-refractivity contribution < 1.29 is 42.0 Å². The van der Waals surface area contributed by atoms with Crippen LogP contribution in [0.25, 0.3) is 34.3 Å². The monoisotopic (exact) mass is 571 g/mol. The van der Waals surface area contributed by atoms with E-state index < -0.39 is 46.7 Å². The van der Waals surface area contributed by atoms with Gasteiger partial charge in [-0.2, -0.15) is 18.2 Å². The van der Waals surface area contributed by atoms with Gasteiger partial charge in [0.15, 0.2) is 6.10 Å². The Hall–Kier alpha value is -4.56. The predicted molar refractivity (Wildman–Crippen MR) is 135 cm³/mol. The fraction of sp³-hybridized carbons (Fsp3) is 0.296. The lowest BCUT2D eigenvalue weighted by Crippen LogP contribution is -2.61. The van der Waals surface area contributed by atoms with Crippen molar-refractivity contribution in [3.05, 3.63) is 65.7 Å². The SMILES string of the molecule is CC1(O)CN(C(=O)CCNC(=O)[C@H](O)c2ccc(-c3noc(-c4onc(-c5ccccc5)c4C(F)(F)F)n3)cc2)C1. The molecule has 1 fully saturated rings. The molecule has 0 radical (unpaired) electrons. The Morgan fingerprint density at radius 1 is 1.05 bits per heavy atom. The smallest absolute Gasteiger partial charge is 0.386 e. The fourth-order valence-corrected chi connectivity index (χ4v) is 4.39. The third kappa shape index (κ3) is 5.98. The van der Waals surface area contributed by atoms with Crippen molar-refractivity contribution in [2.45, 2.75) is 31.2 Å². The number of aliphatic hydroxyl groups is 2. The van der Waals surface area contributed by atoms with Crippen LogP contribution >= 0.6 is 0 Å². The summed E-state index contributed by atoms with van der Waals surface area (Å²) in [6, 6.07) is 13.5. The van der Waals surface area contributed by atoms with Crippen LogP contribution in [0.4, 0.5) is 13.2 Å². The molecule has 2 amide bonds. The summed E-state index contributed by atoms with van der Waals surface area (Å²) in [6.07, 6.45) is -6.34. The number of amides is 2. The average molecular weight is 572 g/mol. The van der Waals surface area contributed by atoms with E-state index in [1.165, 1.54) is 41.3 Å². The molecule has 0 bridgehead atoms. The summed E-state index contributed by atoms with van der Waals surface area (Å²) in [5.74, 6) is -2.25. The molecule has 1 aliphatic heterocycles. The Balaban J connectivity index is 1.24. The van der Waals surface area contributed by atoms with Crippen molar-refractivity contribution in [3.63, 3.8) is 0 Å². The molecule has 41 heavy (non-hydrogen) atoms. The van der Waals surface area contributed by atoms with E-state index >= 15 is 0 Å². The van der Waals surface area contributed by atoms with Gasteiger partial charge in [0.25, 0.3) is 11.8 Å². The van der Waals surface area contributed by atoms with Crippen molar-refractivity contribution in [2.24, 2.45) is 0 Å². The Bertz CT molecular complexity index is 1540. The lowest BCUT2D eigenvalue weighted by molar-refractivity contribution is -0.152. The number of alkyl halides is 3. The summed E-state index contributed by atoms with van der Waals surface area (Å²) >= 11 is 0. The first-order valence-corrected chi connectivity index (χ1v) is 12.5. The van der Waals surface area contributed by atoms with Gasteiger partial charge in [-0.15, -0.1) is 0 Å². The molecule has 0 spiro atoms. The number of hydrogen-bond donors (Lipinski definition) is 3. The van der Waals surface area contributed by atoms with E-state index in [2.05, 4.69) is 20.6 Å². The first-order chi connectivity index (χ1) is 19.4. The first-order valence-electron chi connectivity index (χ1n) is 12.5. The molecule has 0 saturated carbocycles. The topological polar surface area (TPSA) is 155 Å². The Labute approximate surface area is 230 Å². The summed E-state index contributed by atoms with van der Waals surface area (Å²) in [4.78, 5) is 29.9. The van der Waals surface area contributed by atoms with E-state index in [4.69, 9.17) is 9.05 Å². The maximum absolute atomic E-state index is 14.0. The zero-order chi connectivity index (χ0) is 29.4. The number of β-amino-alcohol motifs (C(OH)–C–C–N with tert-alkyl or cyclic N) is 1. The molecular weight excluding hydrogens is 547 g/mol. The molecule has 1 saturated heterocycles. The standard InChI is InChI=1S/C27H24F3N5O6/c1-26(39)13-35(14-26)18(36)11-12-31-24(38)21(37)16-7-9-17(10-8-16)23-32-25(41-34-23)22-19(27(28,29)30)20(33-40-22)15-5-3-2-4-6-15/h2-10,21,37,39H,11-14H2,1H3,(H,31,38)/t21-/m1/s1. The normalized spacial score (nSPS) is 15.3. The Morgan fingerprint density at radius 2 is 1.73 bits per heavy atom. The summed E-state index contributed by atoms with van der Waals surface area (Å²) in [5, 5.41) is 29.9. The van der Waals surface area contributed by atoms with Crippen LogP contribution in [-0.4, -0.2) is 67.5 Å². The molecule has 3 heterocycles. The zero-order valence-electron chi connectivity index (χ0n) is 21.6. The predicted octanol–water partition coefficient (Wildman–Crippen LogP) is 3.21. The van der Waals surface area contributed by atoms with E-state index in [9.17, 15) is 33.0 Å².